The number of ether oxygens (including phenoxy) is 1. The first-order valence-electron chi connectivity index (χ1n) is 9.95. The van der Waals surface area contributed by atoms with E-state index in [0.717, 1.165) is 12.0 Å². The van der Waals surface area contributed by atoms with Crippen molar-refractivity contribution in [3.63, 3.8) is 0 Å². The number of rotatable bonds is 16. The van der Waals surface area contributed by atoms with E-state index in [9.17, 15) is 13.9 Å². The molecule has 1 aromatic rings. The molecule has 0 aromatic heterocycles. The molecule has 0 atom stereocenters. The van der Waals surface area contributed by atoms with Crippen molar-refractivity contribution in [3.05, 3.63) is 29.8 Å². The summed E-state index contributed by atoms with van der Waals surface area (Å²) in [5.74, 6) is 0. The first-order valence-corrected chi connectivity index (χ1v) is 13.2. The van der Waals surface area contributed by atoms with Crippen LogP contribution >= 0.6 is 15.2 Å². The van der Waals surface area contributed by atoms with E-state index in [1.165, 1.54) is 0 Å². The monoisotopic (exact) mass is 465 g/mol. The molecule has 0 aliphatic rings. The second-order valence-corrected chi connectivity index (χ2v) is 10.6. The zero-order chi connectivity index (χ0) is 22.6. The second-order valence-electron chi connectivity index (χ2n) is 6.08. The summed E-state index contributed by atoms with van der Waals surface area (Å²) in [5.41, 5.74) is -0.0702. The molecule has 11 heteroatoms. The summed E-state index contributed by atoms with van der Waals surface area (Å²) in [7, 11) is -6.05. The van der Waals surface area contributed by atoms with E-state index >= 15 is 0 Å². The standard InChI is InChI=1S/C19H33NO8P2/c1-6-25-29(22,26-7-2)19(30(23,27-8-3)28-9-4)24-15-14-20(5)18-12-10-17(16-21)11-13-18/h10-13,16,19H,6-9,14-15H2,1-5H3. The van der Waals surface area contributed by atoms with Crippen molar-refractivity contribution < 1.29 is 36.8 Å². The zero-order valence-electron chi connectivity index (χ0n) is 18.3. The highest BCUT2D eigenvalue weighted by Gasteiger charge is 2.52. The van der Waals surface area contributed by atoms with Crippen LogP contribution in [0.2, 0.25) is 0 Å². The Kier molecular flexibility index (Phi) is 12.0. The van der Waals surface area contributed by atoms with Gasteiger partial charge in [-0.2, -0.15) is 0 Å². The molecule has 0 spiro atoms. The predicted molar refractivity (Wildman–Crippen MR) is 117 cm³/mol. The van der Waals surface area contributed by atoms with Crippen molar-refractivity contribution in [2.75, 3.05) is 51.5 Å². The van der Waals surface area contributed by atoms with Crippen molar-refractivity contribution in [3.8, 4) is 0 Å². The van der Waals surface area contributed by atoms with Gasteiger partial charge in [-0.15, -0.1) is 0 Å². The lowest BCUT2D eigenvalue weighted by atomic mass is 10.2. The molecule has 172 valence electrons. The minimum Gasteiger partial charge on any atom is -0.372 e. The topological polar surface area (TPSA) is 101 Å². The Balaban J connectivity index is 3.02. The Morgan fingerprint density at radius 3 is 1.67 bits per heavy atom. The highest BCUT2D eigenvalue weighted by molar-refractivity contribution is 7.72. The number of hydrogen-bond donors (Lipinski definition) is 0. The largest absolute Gasteiger partial charge is 0.372 e. The number of carbonyl (C=O) groups excluding carboxylic acids is 1. The predicted octanol–water partition coefficient (Wildman–Crippen LogP) is 4.77. The quantitative estimate of drug-likeness (QED) is 0.252. The van der Waals surface area contributed by atoms with Crippen molar-refractivity contribution in [1.29, 1.82) is 0 Å². The van der Waals surface area contributed by atoms with E-state index in [4.69, 9.17) is 22.8 Å². The average Bonchev–Trinajstić information content (AvgIpc) is 2.71. The van der Waals surface area contributed by atoms with Crippen molar-refractivity contribution >= 4 is 27.2 Å². The smallest absolute Gasteiger partial charge is 0.371 e. The SMILES string of the molecule is CCOP(=O)(OCC)C(OCCN(C)c1ccc(C=O)cc1)P(=O)(OCC)OCC. The van der Waals surface area contributed by atoms with Crippen LogP contribution in [0.4, 0.5) is 5.69 Å². The van der Waals surface area contributed by atoms with Gasteiger partial charge in [0.05, 0.1) is 33.0 Å². The Bertz CT molecular complexity index is 678. The van der Waals surface area contributed by atoms with Gasteiger partial charge in [0.2, 0.25) is 0 Å². The molecular weight excluding hydrogens is 432 g/mol. The molecule has 0 saturated heterocycles. The summed E-state index contributed by atoms with van der Waals surface area (Å²) in [6.07, 6.45) is 0.773. The van der Waals surface area contributed by atoms with Crippen LogP contribution in [0.5, 0.6) is 0 Å². The van der Waals surface area contributed by atoms with Gasteiger partial charge in [-0.1, -0.05) is 0 Å². The molecule has 0 aliphatic heterocycles. The summed E-state index contributed by atoms with van der Waals surface area (Å²) in [5, 5.41) is 0. The summed E-state index contributed by atoms with van der Waals surface area (Å²) in [6.45, 7) is 7.40. The van der Waals surface area contributed by atoms with Gasteiger partial charge in [-0.05, 0) is 52.0 Å². The summed E-state index contributed by atoms with van der Waals surface area (Å²) in [4.78, 5) is 12.7. The number of anilines is 1. The third-order valence-electron chi connectivity index (χ3n) is 3.94. The number of benzene rings is 1. The third kappa shape index (κ3) is 7.57. The number of hydrogen-bond acceptors (Lipinski definition) is 9. The molecule has 0 aliphatic carbocycles. The summed E-state index contributed by atoms with van der Waals surface area (Å²) >= 11 is 0. The van der Waals surface area contributed by atoms with Crippen molar-refractivity contribution in [2.24, 2.45) is 0 Å². The van der Waals surface area contributed by atoms with Gasteiger partial charge < -0.3 is 27.7 Å². The fraction of sp³-hybridized carbons (Fsp3) is 0.632. The normalized spacial score (nSPS) is 12.3. The molecule has 0 amide bonds. The van der Waals surface area contributed by atoms with Gasteiger partial charge in [0.25, 0.3) is 5.59 Å². The van der Waals surface area contributed by atoms with Crippen LogP contribution in [0.25, 0.3) is 0 Å². The fourth-order valence-corrected chi connectivity index (χ4v) is 7.50. The minimum atomic E-state index is -3.95. The lowest BCUT2D eigenvalue weighted by Gasteiger charge is -2.31. The van der Waals surface area contributed by atoms with Gasteiger partial charge in [-0.25, -0.2) is 0 Å². The van der Waals surface area contributed by atoms with E-state index in [2.05, 4.69) is 0 Å². The molecule has 0 saturated carbocycles. The fourth-order valence-electron chi connectivity index (χ4n) is 2.64. The van der Waals surface area contributed by atoms with Gasteiger partial charge >= 0.3 is 15.2 Å². The Morgan fingerprint density at radius 2 is 1.30 bits per heavy atom. The molecule has 0 bridgehead atoms. The Hall–Kier alpha value is -1.05. The molecular formula is C19H33NO8P2. The van der Waals surface area contributed by atoms with E-state index < -0.39 is 20.8 Å². The van der Waals surface area contributed by atoms with Gasteiger partial charge in [0.15, 0.2) is 0 Å². The van der Waals surface area contributed by atoms with E-state index in [-0.39, 0.29) is 33.0 Å². The maximum atomic E-state index is 13.4. The highest BCUT2D eigenvalue weighted by Crippen LogP contribution is 2.70. The summed E-state index contributed by atoms with van der Waals surface area (Å²) < 4.78 is 54.0. The van der Waals surface area contributed by atoms with Crippen LogP contribution < -0.4 is 4.90 Å². The highest BCUT2D eigenvalue weighted by atomic mass is 31.2. The number of nitrogens with zero attached hydrogens (tertiary/aromatic N) is 1. The first kappa shape index (κ1) is 27.0. The third-order valence-corrected chi connectivity index (χ3v) is 9.49. The van der Waals surface area contributed by atoms with E-state index in [0.29, 0.717) is 12.1 Å². The lowest BCUT2D eigenvalue weighted by molar-refractivity contribution is 0.0850. The average molecular weight is 465 g/mol. The Morgan fingerprint density at radius 1 is 0.867 bits per heavy atom. The van der Waals surface area contributed by atoms with Crippen LogP contribution in [0.3, 0.4) is 0 Å². The number of carbonyl (C=O) groups is 1. The molecule has 0 fully saturated rings. The minimum absolute atomic E-state index is 0.0604. The van der Waals surface area contributed by atoms with Crippen LogP contribution in [-0.4, -0.2) is 58.5 Å². The number of aldehydes is 1. The van der Waals surface area contributed by atoms with Crippen LogP contribution in [0.15, 0.2) is 24.3 Å². The van der Waals surface area contributed by atoms with E-state index in [1.807, 2.05) is 11.9 Å². The maximum Gasteiger partial charge on any atom is 0.371 e. The molecule has 0 radical (unpaired) electrons. The maximum absolute atomic E-state index is 13.4. The second kappa shape index (κ2) is 13.4. The molecule has 9 nitrogen and oxygen atoms in total. The van der Waals surface area contributed by atoms with Gasteiger partial charge in [0, 0.05) is 24.8 Å². The first-order chi connectivity index (χ1) is 14.3. The van der Waals surface area contributed by atoms with Crippen LogP contribution in [0.1, 0.15) is 38.1 Å². The zero-order valence-corrected chi connectivity index (χ0v) is 20.1. The molecule has 1 aromatic carbocycles. The lowest BCUT2D eigenvalue weighted by Crippen LogP contribution is -2.27. The molecule has 0 unspecified atom stereocenters. The Labute approximate surface area is 179 Å². The number of likely N-dealkylation sites (N-methyl/N-ethyl adjacent to an activating group) is 1. The van der Waals surface area contributed by atoms with Crippen LogP contribution in [0, 0.1) is 0 Å². The van der Waals surface area contributed by atoms with Gasteiger partial charge in [0.1, 0.15) is 6.29 Å². The molecule has 1 rings (SSSR count). The van der Waals surface area contributed by atoms with E-state index in [1.54, 1.807) is 52.0 Å². The van der Waals surface area contributed by atoms with Crippen molar-refractivity contribution in [1.82, 2.24) is 0 Å². The van der Waals surface area contributed by atoms with Gasteiger partial charge in [-0.3, -0.25) is 13.9 Å². The molecule has 30 heavy (non-hydrogen) atoms. The van der Waals surface area contributed by atoms with Crippen LogP contribution in [-0.2, 0) is 32.0 Å². The molecule has 0 N–H and O–H groups in total. The van der Waals surface area contributed by atoms with Crippen molar-refractivity contribution in [2.45, 2.75) is 33.3 Å². The molecule has 0 heterocycles. The summed E-state index contributed by atoms with van der Waals surface area (Å²) in [6, 6.07) is 7.02.